The molecule has 7 fully saturated rings. The third kappa shape index (κ3) is 6.01. The summed E-state index contributed by atoms with van der Waals surface area (Å²) in [6, 6.07) is 0. The van der Waals surface area contributed by atoms with Crippen LogP contribution in [0.4, 0.5) is 4.79 Å². The molecule has 2 saturated carbocycles. The summed E-state index contributed by atoms with van der Waals surface area (Å²) in [6.07, 6.45) is 7.83. The molecule has 1 amide bonds. The average Bonchev–Trinajstić information content (AvgIpc) is 3.25. The van der Waals surface area contributed by atoms with Crippen LogP contribution in [-0.4, -0.2) is 65.2 Å². The van der Waals surface area contributed by atoms with Gasteiger partial charge in [0.1, 0.15) is 12.2 Å². The van der Waals surface area contributed by atoms with Crippen LogP contribution in [0.3, 0.4) is 0 Å². The molecular weight excluding hydrogens is 590 g/mol. The van der Waals surface area contributed by atoms with Crippen molar-refractivity contribution in [1.82, 2.24) is 4.90 Å². The molecule has 0 aromatic heterocycles. The molecule has 0 spiro atoms. The van der Waals surface area contributed by atoms with E-state index in [2.05, 4.69) is 76.2 Å². The molecular formula is C40H67NO6. The van der Waals surface area contributed by atoms with Gasteiger partial charge in [-0.3, -0.25) is 4.90 Å². The lowest BCUT2D eigenvalue weighted by molar-refractivity contribution is -0.322. The molecule has 7 aliphatic rings. The highest BCUT2D eigenvalue weighted by Crippen LogP contribution is 2.59. The maximum Gasteiger partial charge on any atom is 0.411 e. The number of rotatable bonds is 1. The van der Waals surface area contributed by atoms with Crippen LogP contribution in [0.1, 0.15) is 128 Å². The maximum atomic E-state index is 14.4. The lowest BCUT2D eigenvalue weighted by Crippen LogP contribution is -2.61. The van der Waals surface area contributed by atoms with E-state index in [0.29, 0.717) is 65.6 Å². The number of carbonyl (C=O) groups excluding carboxylic acids is 1. The molecule has 5 heterocycles. The predicted molar refractivity (Wildman–Crippen MR) is 182 cm³/mol. The van der Waals surface area contributed by atoms with Crippen LogP contribution >= 0.6 is 0 Å². The summed E-state index contributed by atoms with van der Waals surface area (Å²) >= 11 is 0. The normalized spacial score (nSPS) is 51.2. The molecule has 7 rings (SSSR count). The van der Waals surface area contributed by atoms with E-state index in [1.54, 1.807) is 0 Å². The van der Waals surface area contributed by atoms with E-state index in [0.717, 1.165) is 19.3 Å². The van der Waals surface area contributed by atoms with Crippen LogP contribution < -0.4 is 0 Å². The van der Waals surface area contributed by atoms with E-state index in [1.807, 2.05) is 4.90 Å². The van der Waals surface area contributed by atoms with Crippen molar-refractivity contribution in [1.29, 1.82) is 0 Å². The largest absolute Gasteiger partial charge is 0.443 e. The van der Waals surface area contributed by atoms with Crippen molar-refractivity contribution in [2.45, 2.75) is 182 Å². The maximum absolute atomic E-state index is 14.4. The van der Waals surface area contributed by atoms with Crippen LogP contribution in [0.2, 0.25) is 0 Å². The molecule has 0 radical (unpaired) electrons. The Balaban J connectivity index is 1.32. The van der Waals surface area contributed by atoms with Crippen molar-refractivity contribution >= 4 is 6.09 Å². The van der Waals surface area contributed by atoms with E-state index in [-0.39, 0.29) is 49.0 Å². The molecule has 0 N–H and O–H groups in total. The van der Waals surface area contributed by atoms with Crippen LogP contribution in [0, 0.1) is 65.1 Å². The summed E-state index contributed by atoms with van der Waals surface area (Å²) in [7, 11) is 0. The predicted octanol–water partition coefficient (Wildman–Crippen LogP) is 8.68. The number of nitrogens with zero attached hydrogens (tertiary/aromatic N) is 1. The summed E-state index contributed by atoms with van der Waals surface area (Å²) in [4.78, 5) is 16.3. The highest BCUT2D eigenvalue weighted by molar-refractivity contribution is 5.70. The molecule has 47 heavy (non-hydrogen) atoms. The molecule has 2 aliphatic carbocycles. The Morgan fingerprint density at radius 3 is 1.89 bits per heavy atom. The first-order valence-corrected chi connectivity index (χ1v) is 19.7. The van der Waals surface area contributed by atoms with Gasteiger partial charge in [0.25, 0.3) is 0 Å². The zero-order chi connectivity index (χ0) is 33.7. The standard InChI is InChI=1S/C40H67NO6/c1-20-12-14-27-24(5)35-32(46-38(42)41(39(6,7)8)40(9,10)11)19-31-23(4)29-18-28(30-17-16-25(20)33(27)37(44-30)47-35)22(3)26-15-13-21(2)43-36(45-31)34(26)29/h20-37H,12-19H2,1-11H3/t20-,21+,22+,23-,24-,25+,26+,27+,28?,29+,30-,31-,32+,33?,34?,35?,36+,37+/m1/s1. The Morgan fingerprint density at radius 2 is 1.19 bits per heavy atom. The summed E-state index contributed by atoms with van der Waals surface area (Å²) < 4.78 is 35.3. The Labute approximate surface area is 285 Å². The summed E-state index contributed by atoms with van der Waals surface area (Å²) in [5.74, 6) is 5.38. The van der Waals surface area contributed by atoms with E-state index in [1.165, 1.54) is 25.7 Å². The van der Waals surface area contributed by atoms with E-state index < -0.39 is 17.2 Å². The monoisotopic (exact) mass is 657 g/mol. The molecule has 0 aromatic carbocycles. The number of fused-ring (bicyclic) bond motifs is 5. The van der Waals surface area contributed by atoms with Gasteiger partial charge in [-0.05, 0) is 140 Å². The van der Waals surface area contributed by atoms with Crippen LogP contribution in [0.25, 0.3) is 0 Å². The zero-order valence-corrected chi connectivity index (χ0v) is 31.4. The minimum atomic E-state index is -0.436. The molecule has 7 heteroatoms. The smallest absolute Gasteiger partial charge is 0.411 e. The molecule has 4 unspecified atom stereocenters. The SMILES string of the molecule is C[C@@H]1[C@@H]2CC3[C@@H](C)[C@@H]4CC[C@H](C)O[C@@H](O[C@@H]1C[C@H](OC(=O)N(C(C)(C)C)C(C)(C)C)C1O[C@@H]5O[C@@H]3CC[C@@H]3C5[C@@H](CC[C@H]3C)[C@H]1C)C24. The number of hydrogen-bond acceptors (Lipinski definition) is 6. The van der Waals surface area contributed by atoms with Crippen molar-refractivity contribution in [3.63, 3.8) is 0 Å². The third-order valence-corrected chi connectivity index (χ3v) is 14.7. The molecule has 0 aromatic rings. The molecule has 268 valence electrons. The fraction of sp³-hybridized carbons (Fsp3) is 0.975. The second-order valence-electron chi connectivity index (χ2n) is 19.5. The fourth-order valence-electron chi connectivity index (χ4n) is 12.7. The number of hydrogen-bond donors (Lipinski definition) is 0. The number of amides is 1. The van der Waals surface area contributed by atoms with Crippen molar-refractivity contribution in [2.75, 3.05) is 0 Å². The zero-order valence-electron chi connectivity index (χ0n) is 31.4. The van der Waals surface area contributed by atoms with Gasteiger partial charge in [0.05, 0.1) is 18.3 Å². The van der Waals surface area contributed by atoms with Crippen molar-refractivity contribution in [2.24, 2.45) is 65.1 Å². The van der Waals surface area contributed by atoms with Gasteiger partial charge in [-0.2, -0.15) is 0 Å². The Morgan fingerprint density at radius 1 is 0.596 bits per heavy atom. The third-order valence-electron chi connectivity index (χ3n) is 14.7. The van der Waals surface area contributed by atoms with Gasteiger partial charge >= 0.3 is 6.09 Å². The summed E-state index contributed by atoms with van der Waals surface area (Å²) in [5.41, 5.74) is -0.797. The van der Waals surface area contributed by atoms with Gasteiger partial charge in [0, 0.05) is 29.3 Å². The van der Waals surface area contributed by atoms with Gasteiger partial charge < -0.3 is 23.7 Å². The number of carbonyl (C=O) groups is 1. The fourth-order valence-corrected chi connectivity index (χ4v) is 12.7. The average molecular weight is 658 g/mol. The first-order valence-electron chi connectivity index (χ1n) is 19.7. The molecule has 7 nitrogen and oxygen atoms in total. The van der Waals surface area contributed by atoms with Gasteiger partial charge in [0.2, 0.25) is 0 Å². The Kier molecular flexibility index (Phi) is 9.12. The van der Waals surface area contributed by atoms with Crippen molar-refractivity contribution in [3.8, 4) is 0 Å². The van der Waals surface area contributed by atoms with Gasteiger partial charge in [-0.15, -0.1) is 0 Å². The van der Waals surface area contributed by atoms with E-state index in [9.17, 15) is 4.79 Å². The Bertz CT molecular complexity index is 1130. The molecule has 6 bridgehead atoms. The topological polar surface area (TPSA) is 66.5 Å². The van der Waals surface area contributed by atoms with E-state index in [4.69, 9.17) is 23.7 Å². The van der Waals surface area contributed by atoms with Crippen LogP contribution in [0.5, 0.6) is 0 Å². The van der Waals surface area contributed by atoms with Gasteiger partial charge in [-0.25, -0.2) is 4.79 Å². The highest BCUT2D eigenvalue weighted by atomic mass is 16.7. The summed E-state index contributed by atoms with van der Waals surface area (Å²) in [6.45, 7) is 24.6. The first kappa shape index (κ1) is 34.6. The van der Waals surface area contributed by atoms with Gasteiger partial charge in [0.15, 0.2) is 12.6 Å². The minimum absolute atomic E-state index is 0.0631. The second-order valence-corrected chi connectivity index (χ2v) is 19.5. The first-order chi connectivity index (χ1) is 22.0. The van der Waals surface area contributed by atoms with Crippen molar-refractivity contribution in [3.05, 3.63) is 0 Å². The van der Waals surface area contributed by atoms with Crippen LogP contribution in [0.15, 0.2) is 0 Å². The number of ether oxygens (including phenoxy) is 5. The van der Waals surface area contributed by atoms with Crippen LogP contribution in [-0.2, 0) is 23.7 Å². The molecule has 18 atom stereocenters. The highest BCUT2D eigenvalue weighted by Gasteiger charge is 2.60. The summed E-state index contributed by atoms with van der Waals surface area (Å²) in [5, 5.41) is 0. The van der Waals surface area contributed by atoms with Gasteiger partial charge in [-0.1, -0.05) is 34.1 Å². The van der Waals surface area contributed by atoms with E-state index >= 15 is 0 Å². The quantitative estimate of drug-likeness (QED) is 0.281. The second kappa shape index (κ2) is 12.4. The molecule has 5 aliphatic heterocycles. The molecule has 5 saturated heterocycles. The lowest BCUT2D eigenvalue weighted by atomic mass is 9.55. The lowest BCUT2D eigenvalue weighted by Gasteiger charge is -2.57. The minimum Gasteiger partial charge on any atom is -0.443 e. The van der Waals surface area contributed by atoms with Crippen molar-refractivity contribution < 1.29 is 28.5 Å². The Hall–Kier alpha value is -0.890.